The van der Waals surface area contributed by atoms with E-state index >= 15 is 0 Å². The number of hydrogen-bond acceptors (Lipinski definition) is 9. The lowest BCUT2D eigenvalue weighted by molar-refractivity contribution is -0.144. The van der Waals surface area contributed by atoms with Gasteiger partial charge in [-0.05, 0) is 26.3 Å². The van der Waals surface area contributed by atoms with Crippen molar-refractivity contribution in [3.05, 3.63) is 18.2 Å². The van der Waals surface area contributed by atoms with E-state index in [-0.39, 0.29) is 12.8 Å². The van der Waals surface area contributed by atoms with Gasteiger partial charge in [0.2, 0.25) is 17.7 Å². The maximum atomic E-state index is 12.7. The highest BCUT2D eigenvalue weighted by atomic mass is 16.4. The first-order valence-corrected chi connectivity index (χ1v) is 10.9. The Morgan fingerprint density at radius 3 is 2.20 bits per heavy atom. The van der Waals surface area contributed by atoms with Gasteiger partial charge >= 0.3 is 11.9 Å². The van der Waals surface area contributed by atoms with Crippen molar-refractivity contribution >= 4 is 29.7 Å². The van der Waals surface area contributed by atoms with E-state index < -0.39 is 66.4 Å². The fraction of sp³-hybridized carbons (Fsp3) is 0.600. The van der Waals surface area contributed by atoms with Crippen molar-refractivity contribution in [2.45, 2.75) is 69.3 Å². The maximum Gasteiger partial charge on any atom is 0.326 e. The van der Waals surface area contributed by atoms with Crippen LogP contribution < -0.4 is 27.4 Å². The van der Waals surface area contributed by atoms with Crippen LogP contribution in [0.5, 0.6) is 0 Å². The summed E-state index contributed by atoms with van der Waals surface area (Å²) >= 11 is 0. The van der Waals surface area contributed by atoms with Crippen LogP contribution in [0, 0.1) is 0 Å². The van der Waals surface area contributed by atoms with Gasteiger partial charge in [-0.15, -0.1) is 0 Å². The molecule has 11 N–H and O–H groups in total. The number of nitrogens with two attached hydrogens (primary N) is 2. The van der Waals surface area contributed by atoms with Gasteiger partial charge in [0.05, 0.1) is 24.9 Å². The summed E-state index contributed by atoms with van der Waals surface area (Å²) in [4.78, 5) is 67.0. The highest BCUT2D eigenvalue weighted by Gasteiger charge is 2.33. The lowest BCUT2D eigenvalue weighted by atomic mass is 10.1. The number of unbranched alkanes of at least 4 members (excludes halogenated alkanes) is 1. The predicted molar refractivity (Wildman–Crippen MR) is 121 cm³/mol. The van der Waals surface area contributed by atoms with Crippen LogP contribution in [0.15, 0.2) is 12.5 Å². The summed E-state index contributed by atoms with van der Waals surface area (Å²) in [5.41, 5.74) is 11.6. The summed E-state index contributed by atoms with van der Waals surface area (Å²) in [5, 5.41) is 35.2. The number of carboxylic acid groups (broad SMARTS) is 2. The molecule has 0 bridgehead atoms. The van der Waals surface area contributed by atoms with Gasteiger partial charge in [0.1, 0.15) is 18.1 Å². The molecule has 0 saturated carbocycles. The first kappa shape index (κ1) is 29.5. The van der Waals surface area contributed by atoms with Crippen LogP contribution in [-0.2, 0) is 30.4 Å². The normalized spacial score (nSPS) is 15.2. The van der Waals surface area contributed by atoms with Gasteiger partial charge in [-0.25, -0.2) is 9.78 Å². The molecule has 35 heavy (non-hydrogen) atoms. The summed E-state index contributed by atoms with van der Waals surface area (Å²) in [6.45, 7) is 1.58. The van der Waals surface area contributed by atoms with Crippen molar-refractivity contribution in [1.82, 2.24) is 25.9 Å². The molecule has 0 spiro atoms. The molecule has 0 aliphatic rings. The number of aliphatic hydroxyl groups is 1. The van der Waals surface area contributed by atoms with Gasteiger partial charge in [0, 0.05) is 18.3 Å². The molecule has 1 heterocycles. The third-order valence-corrected chi connectivity index (χ3v) is 4.97. The van der Waals surface area contributed by atoms with Crippen LogP contribution in [0.25, 0.3) is 0 Å². The quantitative estimate of drug-likeness (QED) is 0.102. The summed E-state index contributed by atoms with van der Waals surface area (Å²) < 4.78 is 0. The molecule has 5 unspecified atom stereocenters. The number of amides is 3. The third-order valence-electron chi connectivity index (χ3n) is 4.97. The molecule has 3 amide bonds. The molecule has 196 valence electrons. The molecule has 0 aromatic carbocycles. The molecule has 0 saturated heterocycles. The van der Waals surface area contributed by atoms with E-state index in [1.54, 1.807) is 0 Å². The van der Waals surface area contributed by atoms with Crippen molar-refractivity contribution < 1.29 is 39.3 Å². The molecule has 0 aliphatic carbocycles. The van der Waals surface area contributed by atoms with E-state index in [1.807, 2.05) is 0 Å². The zero-order chi connectivity index (χ0) is 26.5. The molecular formula is C20H33N7O8. The van der Waals surface area contributed by atoms with Crippen LogP contribution in [0.2, 0.25) is 0 Å². The minimum atomic E-state index is -1.64. The lowest BCUT2D eigenvalue weighted by Gasteiger charge is -2.26. The van der Waals surface area contributed by atoms with E-state index in [0.29, 0.717) is 25.1 Å². The minimum Gasteiger partial charge on any atom is -0.481 e. The number of nitrogens with zero attached hydrogens (tertiary/aromatic N) is 1. The van der Waals surface area contributed by atoms with Gasteiger partial charge in [0.15, 0.2) is 0 Å². The Morgan fingerprint density at radius 2 is 1.69 bits per heavy atom. The summed E-state index contributed by atoms with van der Waals surface area (Å²) in [6.07, 6.45) is 1.68. The van der Waals surface area contributed by atoms with Crippen molar-refractivity contribution in [3.8, 4) is 0 Å². The number of H-pyrrole nitrogens is 1. The Bertz CT molecular complexity index is 862. The number of carboxylic acids is 2. The van der Waals surface area contributed by atoms with Crippen molar-refractivity contribution in [2.24, 2.45) is 11.5 Å². The molecule has 0 radical (unpaired) electrons. The third kappa shape index (κ3) is 10.5. The Balaban J connectivity index is 2.89. The van der Waals surface area contributed by atoms with Gasteiger partial charge in [-0.2, -0.15) is 0 Å². The predicted octanol–water partition coefficient (Wildman–Crippen LogP) is -3.20. The van der Waals surface area contributed by atoms with Gasteiger partial charge < -0.3 is 47.7 Å². The molecule has 5 atom stereocenters. The van der Waals surface area contributed by atoms with Gasteiger partial charge in [-0.3, -0.25) is 19.2 Å². The molecular weight excluding hydrogens is 466 g/mol. The standard InChI is InChI=1S/C20H33N7O8/c1-10(28)16(19(33)26-14(20(34)35)6-11-8-23-9-24-11)27-18(32)13(7-15(29)30)25-17(31)12(22)4-2-3-5-21/h8-10,12-14,16,28H,2-7,21-22H2,1H3,(H,23,24)(H,25,31)(H,26,33)(H,27,32)(H,29,30)(H,34,35). The topological polar surface area (TPSA) is 263 Å². The van der Waals surface area contributed by atoms with E-state index in [9.17, 15) is 34.2 Å². The minimum absolute atomic E-state index is 0.151. The summed E-state index contributed by atoms with van der Waals surface area (Å²) in [6, 6.07) is -5.67. The molecule has 1 rings (SSSR count). The monoisotopic (exact) mass is 499 g/mol. The highest BCUT2D eigenvalue weighted by Crippen LogP contribution is 2.04. The lowest BCUT2D eigenvalue weighted by Crippen LogP contribution is -2.60. The number of carbonyl (C=O) groups is 5. The second kappa shape index (κ2) is 14.6. The van der Waals surface area contributed by atoms with E-state index in [1.165, 1.54) is 19.4 Å². The molecule has 15 nitrogen and oxygen atoms in total. The number of aromatic nitrogens is 2. The molecule has 15 heteroatoms. The summed E-state index contributed by atoms with van der Waals surface area (Å²) in [5.74, 6) is -5.66. The van der Waals surface area contributed by atoms with Gasteiger partial charge in [0.25, 0.3) is 0 Å². The average molecular weight is 500 g/mol. The first-order chi connectivity index (χ1) is 16.5. The maximum absolute atomic E-state index is 12.7. The zero-order valence-electron chi connectivity index (χ0n) is 19.3. The Labute approximate surface area is 201 Å². The Hall–Kier alpha value is -3.56. The van der Waals surface area contributed by atoms with E-state index in [2.05, 4.69) is 25.9 Å². The van der Waals surface area contributed by atoms with Crippen molar-refractivity contribution in [3.63, 3.8) is 0 Å². The highest BCUT2D eigenvalue weighted by molar-refractivity contribution is 5.95. The van der Waals surface area contributed by atoms with Crippen LogP contribution in [0.3, 0.4) is 0 Å². The molecule has 0 aliphatic heterocycles. The van der Waals surface area contributed by atoms with E-state index in [0.717, 1.165) is 0 Å². The summed E-state index contributed by atoms with van der Waals surface area (Å²) in [7, 11) is 0. The first-order valence-electron chi connectivity index (χ1n) is 10.9. The fourth-order valence-electron chi connectivity index (χ4n) is 3.04. The SMILES string of the molecule is CC(O)C(NC(=O)C(CC(=O)O)NC(=O)C(N)CCCCN)C(=O)NC(Cc1cnc[nH]1)C(=O)O. The van der Waals surface area contributed by atoms with Crippen molar-refractivity contribution in [1.29, 1.82) is 0 Å². The molecule has 1 aromatic rings. The van der Waals surface area contributed by atoms with Crippen molar-refractivity contribution in [2.75, 3.05) is 6.54 Å². The average Bonchev–Trinajstić information content (AvgIpc) is 3.28. The Morgan fingerprint density at radius 1 is 1.03 bits per heavy atom. The molecule has 0 fully saturated rings. The van der Waals surface area contributed by atoms with Gasteiger partial charge in [-0.1, -0.05) is 6.42 Å². The number of aromatic amines is 1. The molecule has 1 aromatic heterocycles. The van der Waals surface area contributed by atoms with Crippen LogP contribution in [0.4, 0.5) is 0 Å². The van der Waals surface area contributed by atoms with Crippen LogP contribution in [-0.4, -0.2) is 91.8 Å². The second-order valence-corrected chi connectivity index (χ2v) is 7.96. The number of aliphatic hydroxyl groups excluding tert-OH is 1. The zero-order valence-corrected chi connectivity index (χ0v) is 19.3. The number of aliphatic carboxylic acids is 2. The smallest absolute Gasteiger partial charge is 0.326 e. The van der Waals surface area contributed by atoms with Crippen LogP contribution in [0.1, 0.15) is 38.3 Å². The number of imidazole rings is 1. The Kier molecular flexibility index (Phi) is 12.3. The number of nitrogens with one attached hydrogen (secondary N) is 4. The second-order valence-electron chi connectivity index (χ2n) is 7.96. The number of carbonyl (C=O) groups excluding carboxylic acids is 3. The largest absolute Gasteiger partial charge is 0.481 e. The van der Waals surface area contributed by atoms with Crippen LogP contribution >= 0.6 is 0 Å². The fourth-order valence-corrected chi connectivity index (χ4v) is 3.04. The van der Waals surface area contributed by atoms with E-state index in [4.69, 9.17) is 16.6 Å². The number of hydrogen-bond donors (Lipinski definition) is 9. The number of rotatable bonds is 16.